The van der Waals surface area contributed by atoms with Crippen LogP contribution in [0.25, 0.3) is 0 Å². The third-order valence-corrected chi connectivity index (χ3v) is 7.16. The van der Waals surface area contributed by atoms with Gasteiger partial charge in [-0.1, -0.05) is 26.2 Å². The number of aliphatic carboxylic acids is 1. The van der Waals surface area contributed by atoms with Crippen LogP contribution in [0.4, 0.5) is 4.39 Å². The number of rotatable bonds is 13. The van der Waals surface area contributed by atoms with Crippen LogP contribution in [-0.2, 0) is 4.79 Å². The Morgan fingerprint density at radius 3 is 2.66 bits per heavy atom. The fourth-order valence-electron chi connectivity index (χ4n) is 3.73. The first kappa shape index (κ1) is 24.0. The number of ether oxygens (including phenoxy) is 1. The molecule has 5 nitrogen and oxygen atoms in total. The van der Waals surface area contributed by atoms with Crippen molar-refractivity contribution in [2.45, 2.75) is 69.3 Å². The summed E-state index contributed by atoms with van der Waals surface area (Å²) in [6.45, 7) is 1.89. The van der Waals surface area contributed by atoms with Crippen LogP contribution in [0, 0.1) is 17.7 Å². The SMILES string of the molecule is CC(CCCCCC1C(O)CCC1SCC(O)COc1ccc(F)cc1)C(=O)O. The zero-order chi connectivity index (χ0) is 21.2. The predicted octanol–water partition coefficient (Wildman–Crippen LogP) is 4.11. The Morgan fingerprint density at radius 1 is 1.24 bits per heavy atom. The minimum atomic E-state index is -0.741. The lowest BCUT2D eigenvalue weighted by Gasteiger charge is -2.23. The van der Waals surface area contributed by atoms with Crippen molar-refractivity contribution in [2.24, 2.45) is 11.8 Å². The predicted molar refractivity (Wildman–Crippen MR) is 113 cm³/mol. The first-order chi connectivity index (χ1) is 13.9. The maximum atomic E-state index is 12.9. The van der Waals surface area contributed by atoms with E-state index in [2.05, 4.69) is 0 Å². The average Bonchev–Trinajstić information content (AvgIpc) is 3.05. The Hall–Kier alpha value is -1.31. The number of halogens is 1. The van der Waals surface area contributed by atoms with Crippen molar-refractivity contribution >= 4 is 17.7 Å². The molecule has 29 heavy (non-hydrogen) atoms. The molecule has 1 fully saturated rings. The van der Waals surface area contributed by atoms with E-state index in [0.29, 0.717) is 23.2 Å². The van der Waals surface area contributed by atoms with E-state index in [-0.39, 0.29) is 30.4 Å². The number of carboxylic acids is 1. The maximum absolute atomic E-state index is 12.9. The second-order valence-corrected chi connectivity index (χ2v) is 9.25. The normalized spacial score (nSPS) is 23.7. The highest BCUT2D eigenvalue weighted by atomic mass is 32.2. The molecule has 0 aromatic heterocycles. The van der Waals surface area contributed by atoms with Crippen molar-refractivity contribution in [3.63, 3.8) is 0 Å². The highest BCUT2D eigenvalue weighted by Gasteiger charge is 2.34. The standard InChI is InChI=1S/C22H33FO5S/c1-15(22(26)27)5-3-2-4-6-19-20(25)11-12-21(19)29-14-17(24)13-28-18-9-7-16(23)8-10-18/h7-10,15,17,19-21,24-25H,2-6,11-14H2,1H3,(H,26,27). The third kappa shape index (κ3) is 8.52. The molecule has 0 saturated heterocycles. The fourth-order valence-corrected chi connectivity index (χ4v) is 5.17. The molecule has 5 atom stereocenters. The summed E-state index contributed by atoms with van der Waals surface area (Å²) >= 11 is 1.69. The lowest BCUT2D eigenvalue weighted by Crippen LogP contribution is -2.25. The monoisotopic (exact) mass is 428 g/mol. The van der Waals surface area contributed by atoms with Gasteiger partial charge in [-0.15, -0.1) is 0 Å². The maximum Gasteiger partial charge on any atom is 0.306 e. The van der Waals surface area contributed by atoms with Crippen molar-refractivity contribution < 1.29 is 29.2 Å². The molecule has 164 valence electrons. The Kier molecular flexibility index (Phi) is 10.2. The topological polar surface area (TPSA) is 87.0 Å². The first-order valence-electron chi connectivity index (χ1n) is 10.5. The van der Waals surface area contributed by atoms with E-state index < -0.39 is 12.1 Å². The van der Waals surface area contributed by atoms with E-state index in [4.69, 9.17) is 9.84 Å². The molecular weight excluding hydrogens is 395 g/mol. The van der Waals surface area contributed by atoms with Crippen LogP contribution in [0.5, 0.6) is 5.75 Å². The molecule has 0 heterocycles. The lowest BCUT2D eigenvalue weighted by molar-refractivity contribution is -0.141. The Balaban J connectivity index is 1.65. The Bertz CT molecular complexity index is 612. The lowest BCUT2D eigenvalue weighted by atomic mass is 9.96. The quantitative estimate of drug-likeness (QED) is 0.410. The van der Waals surface area contributed by atoms with Crippen LogP contribution in [0.1, 0.15) is 51.9 Å². The van der Waals surface area contributed by atoms with Crippen LogP contribution in [0.15, 0.2) is 24.3 Å². The molecule has 3 N–H and O–H groups in total. The molecule has 0 spiro atoms. The van der Waals surface area contributed by atoms with Gasteiger partial charge in [-0.3, -0.25) is 4.79 Å². The average molecular weight is 429 g/mol. The van der Waals surface area contributed by atoms with Gasteiger partial charge in [-0.2, -0.15) is 11.8 Å². The van der Waals surface area contributed by atoms with Crippen LogP contribution < -0.4 is 4.74 Å². The summed E-state index contributed by atoms with van der Waals surface area (Å²) in [5.41, 5.74) is 0. The van der Waals surface area contributed by atoms with E-state index >= 15 is 0 Å². The molecule has 0 radical (unpaired) electrons. The number of hydrogen-bond donors (Lipinski definition) is 3. The van der Waals surface area contributed by atoms with Gasteiger partial charge in [-0.05, 0) is 55.9 Å². The van der Waals surface area contributed by atoms with Crippen molar-refractivity contribution in [3.8, 4) is 5.75 Å². The van der Waals surface area contributed by atoms with Crippen molar-refractivity contribution in [1.29, 1.82) is 0 Å². The van der Waals surface area contributed by atoms with E-state index in [1.54, 1.807) is 18.7 Å². The second kappa shape index (κ2) is 12.4. The van der Waals surface area contributed by atoms with Gasteiger partial charge in [0.2, 0.25) is 0 Å². The number of aliphatic hydroxyl groups excluding tert-OH is 2. The number of carbonyl (C=O) groups is 1. The zero-order valence-corrected chi connectivity index (χ0v) is 17.8. The number of unbranched alkanes of at least 4 members (excludes halogenated alkanes) is 2. The minimum absolute atomic E-state index is 0.153. The number of thioether (sulfide) groups is 1. The molecule has 7 heteroatoms. The summed E-state index contributed by atoms with van der Waals surface area (Å²) in [6, 6.07) is 5.72. The molecule has 1 aliphatic rings. The van der Waals surface area contributed by atoms with E-state index in [9.17, 15) is 19.4 Å². The summed E-state index contributed by atoms with van der Waals surface area (Å²) < 4.78 is 18.4. The van der Waals surface area contributed by atoms with Gasteiger partial charge in [0.15, 0.2) is 0 Å². The van der Waals surface area contributed by atoms with Gasteiger partial charge in [0.1, 0.15) is 18.2 Å². The first-order valence-corrected chi connectivity index (χ1v) is 11.5. The smallest absolute Gasteiger partial charge is 0.306 e. The number of hydrogen-bond acceptors (Lipinski definition) is 5. The van der Waals surface area contributed by atoms with E-state index in [1.807, 2.05) is 0 Å². The molecule has 1 aromatic carbocycles. The van der Waals surface area contributed by atoms with Gasteiger partial charge in [0.05, 0.1) is 18.1 Å². The van der Waals surface area contributed by atoms with Gasteiger partial charge in [0.25, 0.3) is 0 Å². The molecule has 0 amide bonds. The van der Waals surface area contributed by atoms with E-state index in [1.165, 1.54) is 24.3 Å². The van der Waals surface area contributed by atoms with Crippen LogP contribution in [-0.4, -0.2) is 51.1 Å². The molecule has 1 saturated carbocycles. The molecule has 2 rings (SSSR count). The Labute approximate surface area is 176 Å². The van der Waals surface area contributed by atoms with Crippen LogP contribution >= 0.6 is 11.8 Å². The summed E-state index contributed by atoms with van der Waals surface area (Å²) in [7, 11) is 0. The van der Waals surface area contributed by atoms with Gasteiger partial charge in [-0.25, -0.2) is 4.39 Å². The minimum Gasteiger partial charge on any atom is -0.491 e. The fraction of sp³-hybridized carbons (Fsp3) is 0.682. The molecule has 0 aliphatic heterocycles. The van der Waals surface area contributed by atoms with Crippen LogP contribution in [0.2, 0.25) is 0 Å². The molecule has 0 bridgehead atoms. The highest BCUT2D eigenvalue weighted by Crippen LogP contribution is 2.38. The Morgan fingerprint density at radius 2 is 1.97 bits per heavy atom. The second-order valence-electron chi connectivity index (χ2n) is 7.98. The van der Waals surface area contributed by atoms with Gasteiger partial charge < -0.3 is 20.1 Å². The van der Waals surface area contributed by atoms with Gasteiger partial charge >= 0.3 is 5.97 Å². The molecule has 1 aliphatic carbocycles. The zero-order valence-electron chi connectivity index (χ0n) is 17.0. The molecule has 1 aromatic rings. The number of benzene rings is 1. The molecular formula is C22H33FO5S. The van der Waals surface area contributed by atoms with Crippen molar-refractivity contribution in [2.75, 3.05) is 12.4 Å². The third-order valence-electron chi connectivity index (χ3n) is 5.57. The largest absolute Gasteiger partial charge is 0.491 e. The number of carboxylic acid groups (broad SMARTS) is 1. The highest BCUT2D eigenvalue weighted by molar-refractivity contribution is 7.99. The van der Waals surface area contributed by atoms with Gasteiger partial charge in [0, 0.05) is 11.0 Å². The van der Waals surface area contributed by atoms with E-state index in [0.717, 1.165) is 38.5 Å². The summed E-state index contributed by atoms with van der Waals surface area (Å²) in [6.07, 6.45) is 5.31. The summed E-state index contributed by atoms with van der Waals surface area (Å²) in [5.74, 6) is -0.0751. The van der Waals surface area contributed by atoms with Crippen molar-refractivity contribution in [1.82, 2.24) is 0 Å². The summed E-state index contributed by atoms with van der Waals surface area (Å²) in [5, 5.41) is 29.7. The molecule has 5 unspecified atom stereocenters. The summed E-state index contributed by atoms with van der Waals surface area (Å²) in [4.78, 5) is 10.8. The van der Waals surface area contributed by atoms with Crippen LogP contribution in [0.3, 0.4) is 0 Å². The van der Waals surface area contributed by atoms with Crippen molar-refractivity contribution in [3.05, 3.63) is 30.1 Å². The number of aliphatic hydroxyl groups is 2.